The summed E-state index contributed by atoms with van der Waals surface area (Å²) in [6.07, 6.45) is 2.71. The summed E-state index contributed by atoms with van der Waals surface area (Å²) in [5, 5.41) is 3.71. The van der Waals surface area contributed by atoms with Gasteiger partial charge in [0.1, 0.15) is 11.5 Å². The van der Waals surface area contributed by atoms with Crippen LogP contribution in [0.4, 0.5) is 5.69 Å². The van der Waals surface area contributed by atoms with E-state index in [0.29, 0.717) is 0 Å². The third kappa shape index (κ3) is 2.44. The molecule has 2 fully saturated rings. The number of piperazine rings is 1. The highest BCUT2D eigenvalue weighted by molar-refractivity contribution is 5.62. The van der Waals surface area contributed by atoms with Gasteiger partial charge >= 0.3 is 0 Å². The molecule has 4 nitrogen and oxygen atoms in total. The summed E-state index contributed by atoms with van der Waals surface area (Å²) in [5.41, 5.74) is 1.37. The number of methoxy groups -OCH3 is 2. The molecule has 1 heterocycles. The highest BCUT2D eigenvalue weighted by atomic mass is 16.5. The maximum Gasteiger partial charge on any atom is 0.142 e. The van der Waals surface area contributed by atoms with Crippen LogP contribution in [0.2, 0.25) is 0 Å². The molecule has 1 aliphatic carbocycles. The molecule has 0 radical (unpaired) electrons. The molecule has 4 heteroatoms. The van der Waals surface area contributed by atoms with Crippen molar-refractivity contribution in [1.29, 1.82) is 0 Å². The molecule has 0 amide bonds. The first-order chi connectivity index (χ1) is 9.66. The fraction of sp³-hybridized carbons (Fsp3) is 0.625. The van der Waals surface area contributed by atoms with Crippen LogP contribution in [0.5, 0.6) is 11.5 Å². The van der Waals surface area contributed by atoms with Gasteiger partial charge in [0, 0.05) is 31.2 Å². The summed E-state index contributed by atoms with van der Waals surface area (Å²) in [7, 11) is 3.44. The van der Waals surface area contributed by atoms with Gasteiger partial charge in [0.05, 0.1) is 19.9 Å². The van der Waals surface area contributed by atoms with Crippen molar-refractivity contribution in [2.75, 3.05) is 38.8 Å². The largest absolute Gasteiger partial charge is 0.497 e. The van der Waals surface area contributed by atoms with E-state index in [1.54, 1.807) is 14.2 Å². The van der Waals surface area contributed by atoms with E-state index in [1.807, 2.05) is 12.1 Å². The van der Waals surface area contributed by atoms with Crippen molar-refractivity contribution in [1.82, 2.24) is 5.32 Å². The number of nitrogens with one attached hydrogen (secondary N) is 1. The van der Waals surface area contributed by atoms with E-state index in [2.05, 4.69) is 23.2 Å². The topological polar surface area (TPSA) is 33.7 Å². The van der Waals surface area contributed by atoms with Gasteiger partial charge < -0.3 is 19.7 Å². The number of ether oxygens (including phenoxy) is 2. The quantitative estimate of drug-likeness (QED) is 0.915. The Morgan fingerprint density at radius 3 is 2.70 bits per heavy atom. The van der Waals surface area contributed by atoms with Crippen LogP contribution in [-0.4, -0.2) is 39.4 Å². The number of anilines is 1. The van der Waals surface area contributed by atoms with Gasteiger partial charge in [-0.2, -0.15) is 0 Å². The second-order valence-electron chi connectivity index (χ2n) is 6.08. The highest BCUT2D eigenvalue weighted by Gasteiger charge is 2.44. The van der Waals surface area contributed by atoms with Crippen molar-refractivity contribution in [2.24, 2.45) is 5.92 Å². The fourth-order valence-electron chi connectivity index (χ4n) is 3.25. The lowest BCUT2D eigenvalue weighted by Crippen LogP contribution is -2.60. The van der Waals surface area contributed by atoms with E-state index < -0.39 is 0 Å². The minimum atomic E-state index is 0.229. The zero-order chi connectivity index (χ0) is 14.2. The first-order valence-electron chi connectivity index (χ1n) is 7.38. The number of hydrogen-bond acceptors (Lipinski definition) is 4. The van der Waals surface area contributed by atoms with Gasteiger partial charge in [-0.1, -0.05) is 0 Å². The van der Waals surface area contributed by atoms with Crippen molar-refractivity contribution in [3.05, 3.63) is 18.2 Å². The van der Waals surface area contributed by atoms with Crippen molar-refractivity contribution in [2.45, 2.75) is 25.3 Å². The lowest BCUT2D eigenvalue weighted by molar-refractivity contribution is 0.283. The SMILES string of the molecule is COc1ccc(OC)c(N2CCNC(C)(C3CC3)C2)c1. The molecule has 1 aliphatic heterocycles. The maximum absolute atomic E-state index is 5.52. The van der Waals surface area contributed by atoms with Gasteiger partial charge in [0.25, 0.3) is 0 Å². The Labute approximate surface area is 121 Å². The molecule has 2 aliphatic rings. The Kier molecular flexibility index (Phi) is 3.50. The Balaban J connectivity index is 1.87. The molecule has 1 saturated heterocycles. The van der Waals surface area contributed by atoms with Crippen molar-refractivity contribution >= 4 is 5.69 Å². The molecule has 0 aromatic heterocycles. The van der Waals surface area contributed by atoms with Crippen LogP contribution in [0.3, 0.4) is 0 Å². The molecule has 0 bridgehead atoms. The average molecular weight is 276 g/mol. The standard InChI is InChI=1S/C16H24N2O2/c1-16(12-4-5-12)11-18(9-8-17-16)14-10-13(19-2)6-7-15(14)20-3/h6-7,10,12,17H,4-5,8-9,11H2,1-3H3. The minimum absolute atomic E-state index is 0.229. The van der Waals surface area contributed by atoms with E-state index in [-0.39, 0.29) is 5.54 Å². The maximum atomic E-state index is 5.52. The lowest BCUT2D eigenvalue weighted by Gasteiger charge is -2.43. The predicted molar refractivity (Wildman–Crippen MR) is 80.9 cm³/mol. The number of rotatable bonds is 4. The zero-order valence-corrected chi connectivity index (χ0v) is 12.6. The van der Waals surface area contributed by atoms with Gasteiger partial charge in [-0.25, -0.2) is 0 Å². The third-order valence-corrected chi connectivity index (χ3v) is 4.63. The van der Waals surface area contributed by atoms with Gasteiger partial charge in [0.2, 0.25) is 0 Å². The van der Waals surface area contributed by atoms with E-state index in [0.717, 1.165) is 42.7 Å². The van der Waals surface area contributed by atoms with Gasteiger partial charge in [0.15, 0.2) is 0 Å². The van der Waals surface area contributed by atoms with Crippen LogP contribution < -0.4 is 19.7 Å². The molecule has 1 unspecified atom stereocenters. The highest BCUT2D eigenvalue weighted by Crippen LogP contribution is 2.42. The van der Waals surface area contributed by atoms with Gasteiger partial charge in [-0.15, -0.1) is 0 Å². The van der Waals surface area contributed by atoms with Crippen LogP contribution in [0.25, 0.3) is 0 Å². The Morgan fingerprint density at radius 2 is 2.05 bits per heavy atom. The van der Waals surface area contributed by atoms with Crippen LogP contribution in [0.1, 0.15) is 19.8 Å². The molecule has 1 aromatic carbocycles. The summed E-state index contributed by atoms with van der Waals surface area (Å²) < 4.78 is 10.9. The minimum Gasteiger partial charge on any atom is -0.497 e. The Morgan fingerprint density at radius 1 is 1.25 bits per heavy atom. The van der Waals surface area contributed by atoms with E-state index in [1.165, 1.54) is 12.8 Å². The molecular weight excluding hydrogens is 252 g/mol. The molecule has 1 N–H and O–H groups in total. The number of benzene rings is 1. The Bertz CT molecular complexity index is 487. The van der Waals surface area contributed by atoms with Gasteiger partial charge in [-0.05, 0) is 37.8 Å². The lowest BCUT2D eigenvalue weighted by atomic mass is 9.92. The molecule has 0 spiro atoms. The Hall–Kier alpha value is -1.42. The summed E-state index contributed by atoms with van der Waals surface area (Å²) in [5.74, 6) is 2.63. The van der Waals surface area contributed by atoms with Crippen molar-refractivity contribution < 1.29 is 9.47 Å². The molecule has 20 heavy (non-hydrogen) atoms. The van der Waals surface area contributed by atoms with Gasteiger partial charge in [-0.3, -0.25) is 0 Å². The smallest absolute Gasteiger partial charge is 0.142 e. The molecule has 1 saturated carbocycles. The molecular formula is C16H24N2O2. The normalized spacial score (nSPS) is 26.4. The van der Waals surface area contributed by atoms with Crippen LogP contribution in [0, 0.1) is 5.92 Å². The van der Waals surface area contributed by atoms with E-state index in [4.69, 9.17) is 9.47 Å². The first-order valence-corrected chi connectivity index (χ1v) is 7.38. The molecule has 1 atom stereocenters. The first kappa shape index (κ1) is 13.6. The van der Waals surface area contributed by atoms with Crippen molar-refractivity contribution in [3.63, 3.8) is 0 Å². The summed E-state index contributed by atoms with van der Waals surface area (Å²) >= 11 is 0. The molecule has 1 aromatic rings. The third-order valence-electron chi connectivity index (χ3n) is 4.63. The average Bonchev–Trinajstić information content (AvgIpc) is 3.31. The number of hydrogen-bond donors (Lipinski definition) is 1. The molecule has 110 valence electrons. The molecule has 3 rings (SSSR count). The van der Waals surface area contributed by atoms with Crippen LogP contribution in [-0.2, 0) is 0 Å². The van der Waals surface area contributed by atoms with E-state index >= 15 is 0 Å². The number of nitrogens with zero attached hydrogens (tertiary/aromatic N) is 1. The van der Waals surface area contributed by atoms with Crippen LogP contribution in [0.15, 0.2) is 18.2 Å². The predicted octanol–water partition coefficient (Wildman–Crippen LogP) is 2.28. The second-order valence-corrected chi connectivity index (χ2v) is 6.08. The van der Waals surface area contributed by atoms with Crippen molar-refractivity contribution in [3.8, 4) is 11.5 Å². The van der Waals surface area contributed by atoms with E-state index in [9.17, 15) is 0 Å². The monoisotopic (exact) mass is 276 g/mol. The summed E-state index contributed by atoms with van der Waals surface area (Å²) in [4.78, 5) is 2.43. The zero-order valence-electron chi connectivity index (χ0n) is 12.6. The fourth-order valence-corrected chi connectivity index (χ4v) is 3.25. The second kappa shape index (κ2) is 5.17. The summed E-state index contributed by atoms with van der Waals surface area (Å²) in [6.45, 7) is 5.41. The van der Waals surface area contributed by atoms with Crippen LogP contribution >= 0.6 is 0 Å². The summed E-state index contributed by atoms with van der Waals surface area (Å²) in [6, 6.07) is 6.02.